The van der Waals surface area contributed by atoms with E-state index in [9.17, 15) is 23.0 Å². The van der Waals surface area contributed by atoms with E-state index in [0.29, 0.717) is 24.7 Å². The van der Waals surface area contributed by atoms with Gasteiger partial charge in [-0.15, -0.1) is 0 Å². The molecule has 5 rings (SSSR count). The van der Waals surface area contributed by atoms with Crippen molar-refractivity contribution in [1.29, 1.82) is 5.26 Å². The number of alkyl halides is 3. The second kappa shape index (κ2) is 7.57. The van der Waals surface area contributed by atoms with Crippen LogP contribution in [-0.4, -0.2) is 46.8 Å². The minimum absolute atomic E-state index is 0.0530. The third-order valence-corrected chi connectivity index (χ3v) is 7.18. The maximum atomic E-state index is 14.0. The van der Waals surface area contributed by atoms with Gasteiger partial charge in [0.2, 0.25) is 5.95 Å². The molecule has 0 radical (unpaired) electrons. The van der Waals surface area contributed by atoms with Gasteiger partial charge in [0, 0.05) is 50.2 Å². The Balaban J connectivity index is 1.70. The lowest BCUT2D eigenvalue weighted by molar-refractivity contribution is -0.137. The van der Waals surface area contributed by atoms with Crippen LogP contribution in [0.3, 0.4) is 0 Å². The fourth-order valence-electron chi connectivity index (χ4n) is 4.45. The van der Waals surface area contributed by atoms with Crippen LogP contribution in [0.5, 0.6) is 0 Å². The number of aromatic amines is 1. The van der Waals surface area contributed by atoms with Crippen LogP contribution in [0.4, 0.5) is 19.1 Å². The van der Waals surface area contributed by atoms with Gasteiger partial charge >= 0.3 is 6.18 Å². The summed E-state index contributed by atoms with van der Waals surface area (Å²) < 4.78 is 103. The second-order valence-electron chi connectivity index (χ2n) is 8.35. The number of halogens is 3. The van der Waals surface area contributed by atoms with Gasteiger partial charge in [0.15, 0.2) is 0 Å². The summed E-state index contributed by atoms with van der Waals surface area (Å²) in [6.07, 6.45) is -1.29. The minimum atomic E-state index is -5.33. The highest BCUT2D eigenvalue weighted by atomic mass is 31.2. The summed E-state index contributed by atoms with van der Waals surface area (Å²) in [5, 5.41) is 15.2. The van der Waals surface area contributed by atoms with Crippen LogP contribution >= 0.6 is 7.14 Å². The first-order chi connectivity index (χ1) is 18.1. The van der Waals surface area contributed by atoms with Crippen LogP contribution < -0.4 is 15.9 Å². The van der Waals surface area contributed by atoms with Gasteiger partial charge in [-0.2, -0.15) is 18.4 Å². The Morgan fingerprint density at radius 1 is 1.33 bits per heavy atom. The molecule has 1 aliphatic heterocycles. The standard InChI is InChI=1S/C22H22F3N6OP/c1-33(2,32)20-11(7-26)3-4-14-15(9-28-19(14)20)18-16(22(23,24)25)10-29-21(31-18)30-13-5-12-6-17(12)27-8-13/h3-4,9-10,12-13,17,27-28H,5-6,8H2,1-2H3,(H,29,30,31)/t12-,13+,17+/m1/s1/i1D3,2D3. The molecule has 0 spiro atoms. The molecule has 2 aliphatic rings. The molecule has 1 aliphatic carbocycles. The summed E-state index contributed by atoms with van der Waals surface area (Å²) in [4.78, 5) is 10.6. The number of rotatable bonds is 4. The quantitative estimate of drug-likeness (QED) is 0.489. The number of benzene rings is 1. The zero-order valence-corrected chi connectivity index (χ0v) is 17.9. The van der Waals surface area contributed by atoms with E-state index >= 15 is 0 Å². The number of fused-ring (bicyclic) bond motifs is 2. The number of piperidine rings is 1. The lowest BCUT2D eigenvalue weighted by Gasteiger charge is -2.24. The second-order valence-corrected chi connectivity index (χ2v) is 10.0. The Morgan fingerprint density at radius 3 is 2.85 bits per heavy atom. The lowest BCUT2D eigenvalue weighted by atomic mass is 10.0. The van der Waals surface area contributed by atoms with Gasteiger partial charge in [-0.1, -0.05) is 6.07 Å². The Kier molecular flexibility index (Phi) is 3.64. The monoisotopic (exact) mass is 480 g/mol. The number of nitrogens with zero attached hydrogens (tertiary/aromatic N) is 3. The highest BCUT2D eigenvalue weighted by Crippen LogP contribution is 2.43. The first kappa shape index (κ1) is 15.9. The summed E-state index contributed by atoms with van der Waals surface area (Å²) >= 11 is 0. The zero-order valence-electron chi connectivity index (χ0n) is 23.0. The van der Waals surface area contributed by atoms with Crippen LogP contribution in [0.25, 0.3) is 22.2 Å². The summed E-state index contributed by atoms with van der Waals surface area (Å²) in [5.41, 5.74) is -2.68. The molecule has 172 valence electrons. The topological polar surface area (TPSA) is 106 Å². The molecule has 1 aromatic carbocycles. The van der Waals surface area contributed by atoms with E-state index in [1.165, 1.54) is 6.07 Å². The first-order valence-corrected chi connectivity index (χ1v) is 11.9. The Bertz CT molecular complexity index is 1530. The molecular weight excluding hydrogens is 452 g/mol. The molecule has 7 nitrogen and oxygen atoms in total. The number of hydrogen-bond acceptors (Lipinski definition) is 6. The van der Waals surface area contributed by atoms with E-state index in [0.717, 1.165) is 25.1 Å². The average Bonchev–Trinajstić information content (AvgIpc) is 3.48. The molecule has 3 atom stereocenters. The molecule has 3 heterocycles. The largest absolute Gasteiger partial charge is 0.419 e. The van der Waals surface area contributed by atoms with E-state index in [-0.39, 0.29) is 28.5 Å². The zero-order chi connectivity index (χ0) is 28.5. The van der Waals surface area contributed by atoms with Crippen LogP contribution in [0.1, 0.15) is 32.2 Å². The third-order valence-electron chi connectivity index (χ3n) is 6.08. The number of aromatic nitrogens is 3. The van der Waals surface area contributed by atoms with Crippen molar-refractivity contribution in [3.63, 3.8) is 0 Å². The van der Waals surface area contributed by atoms with Crippen LogP contribution in [0, 0.1) is 17.2 Å². The van der Waals surface area contributed by atoms with Crippen molar-refractivity contribution in [2.75, 3.05) is 25.0 Å². The number of nitriles is 1. The Morgan fingerprint density at radius 2 is 2.15 bits per heavy atom. The highest BCUT2D eigenvalue weighted by molar-refractivity contribution is 7.70. The van der Waals surface area contributed by atoms with Crippen molar-refractivity contribution in [2.24, 2.45) is 5.92 Å². The van der Waals surface area contributed by atoms with Crippen molar-refractivity contribution in [3.05, 3.63) is 35.7 Å². The number of anilines is 1. The van der Waals surface area contributed by atoms with Gasteiger partial charge in [-0.05, 0) is 38.0 Å². The molecule has 3 N–H and O–H groups in total. The van der Waals surface area contributed by atoms with Gasteiger partial charge in [-0.3, -0.25) is 0 Å². The lowest BCUT2D eigenvalue weighted by Crippen LogP contribution is -2.39. The van der Waals surface area contributed by atoms with Crippen molar-refractivity contribution in [3.8, 4) is 17.3 Å². The Labute approximate surface area is 196 Å². The maximum absolute atomic E-state index is 14.0. The van der Waals surface area contributed by atoms with Gasteiger partial charge in [-0.25, -0.2) is 9.97 Å². The normalized spacial score (nSPS) is 26.1. The van der Waals surface area contributed by atoms with Crippen LogP contribution in [0.2, 0.25) is 0 Å². The third kappa shape index (κ3) is 4.00. The van der Waals surface area contributed by atoms with E-state index in [4.69, 9.17) is 8.22 Å². The fraction of sp³-hybridized carbons (Fsp3) is 0.409. The van der Waals surface area contributed by atoms with E-state index in [1.807, 2.05) is 0 Å². The van der Waals surface area contributed by atoms with Crippen LogP contribution in [0.15, 0.2) is 24.5 Å². The van der Waals surface area contributed by atoms with Gasteiger partial charge < -0.3 is 20.2 Å². The Hall–Kier alpha value is -2.89. The highest BCUT2D eigenvalue weighted by Gasteiger charge is 2.42. The maximum Gasteiger partial charge on any atom is 0.419 e. The fourth-order valence-corrected chi connectivity index (χ4v) is 5.42. The molecule has 0 unspecified atom stereocenters. The van der Waals surface area contributed by atoms with Crippen molar-refractivity contribution >= 4 is 29.3 Å². The first-order valence-electron chi connectivity index (χ1n) is 13.2. The number of nitrogens with one attached hydrogen (secondary N) is 3. The SMILES string of the molecule is [2H]C([2H])([2H])P(=O)(c1c(C#N)ccc2c(-c3nc(N[C@@H]4CN[C@H]5C[C@H]5C4)ncc3C(F)(F)F)c[nH]c12)C([2H])([2H])[2H]. The van der Waals surface area contributed by atoms with Gasteiger partial charge in [0.25, 0.3) is 0 Å². The molecule has 0 amide bonds. The predicted molar refractivity (Wildman–Crippen MR) is 120 cm³/mol. The number of hydrogen-bond donors (Lipinski definition) is 3. The van der Waals surface area contributed by atoms with Crippen molar-refractivity contribution in [1.82, 2.24) is 20.3 Å². The minimum Gasteiger partial charge on any atom is -0.360 e. The molecule has 1 saturated carbocycles. The summed E-state index contributed by atoms with van der Waals surface area (Å²) in [6.45, 7) is -6.46. The predicted octanol–water partition coefficient (Wildman–Crippen LogP) is 3.93. The molecule has 33 heavy (non-hydrogen) atoms. The molecule has 1 saturated heterocycles. The van der Waals surface area contributed by atoms with Gasteiger partial charge in [0.05, 0.1) is 28.1 Å². The average molecular weight is 480 g/mol. The van der Waals surface area contributed by atoms with E-state index in [1.54, 1.807) is 6.07 Å². The molecule has 3 aromatic rings. The van der Waals surface area contributed by atoms with E-state index < -0.39 is 48.6 Å². The van der Waals surface area contributed by atoms with Crippen molar-refractivity contribution in [2.45, 2.75) is 31.1 Å². The molecule has 0 bridgehead atoms. The molecule has 2 fully saturated rings. The summed E-state index contributed by atoms with van der Waals surface area (Å²) in [6, 6.07) is 4.32. The number of H-pyrrole nitrogens is 1. The molecule has 2 aromatic heterocycles. The van der Waals surface area contributed by atoms with E-state index in [2.05, 4.69) is 25.6 Å². The summed E-state index contributed by atoms with van der Waals surface area (Å²) in [7, 11) is -5.33. The van der Waals surface area contributed by atoms with Gasteiger partial charge in [0.1, 0.15) is 12.7 Å². The smallest absolute Gasteiger partial charge is 0.360 e. The van der Waals surface area contributed by atoms with Crippen molar-refractivity contribution < 1.29 is 26.0 Å². The molecule has 11 heteroatoms. The summed E-state index contributed by atoms with van der Waals surface area (Å²) in [5.74, 6) is 0.432. The van der Waals surface area contributed by atoms with Crippen LogP contribution in [-0.2, 0) is 10.7 Å². The molecular formula is C22H22F3N6OP.